The van der Waals surface area contributed by atoms with Gasteiger partial charge in [-0.2, -0.15) is 22.8 Å². The highest BCUT2D eigenvalue weighted by atomic mass is 32.2. The molecule has 8 nitrogen and oxygen atoms in total. The molecule has 0 bridgehead atoms. The highest BCUT2D eigenvalue weighted by Gasteiger charge is 2.30. The molecule has 0 amide bonds. The van der Waals surface area contributed by atoms with Crippen LogP contribution in [0.1, 0.15) is 11.5 Å². The van der Waals surface area contributed by atoms with Crippen molar-refractivity contribution in [2.24, 2.45) is 0 Å². The molecule has 2 aromatic heterocycles. The maximum absolute atomic E-state index is 12.7. The normalized spacial score (nSPS) is 11.6. The van der Waals surface area contributed by atoms with Gasteiger partial charge in [-0.15, -0.1) is 5.10 Å². The van der Waals surface area contributed by atoms with Crippen molar-refractivity contribution < 1.29 is 22.4 Å². The molecule has 0 unspecified atom stereocenters. The third-order valence-electron chi connectivity index (χ3n) is 4.02. The van der Waals surface area contributed by atoms with Gasteiger partial charge in [0.25, 0.3) is 0 Å². The average molecular weight is 434 g/mol. The van der Waals surface area contributed by atoms with Crippen molar-refractivity contribution in [3.63, 3.8) is 0 Å². The quantitative estimate of drug-likeness (QED) is 0.420. The molecule has 4 rings (SSSR count). The van der Waals surface area contributed by atoms with Crippen molar-refractivity contribution in [2.75, 3.05) is 7.11 Å². The number of nitrogens with zero attached hydrogens (tertiary/aromatic N) is 6. The maximum Gasteiger partial charge on any atom is 0.416 e. The lowest BCUT2D eigenvalue weighted by Crippen LogP contribution is -2.04. The largest absolute Gasteiger partial charge is 0.494 e. The highest BCUT2D eigenvalue weighted by molar-refractivity contribution is 7.98. The molecule has 0 saturated carbocycles. The van der Waals surface area contributed by atoms with Crippen LogP contribution in [0.5, 0.6) is 5.75 Å². The van der Waals surface area contributed by atoms with Gasteiger partial charge in [0.1, 0.15) is 11.4 Å². The van der Waals surface area contributed by atoms with Gasteiger partial charge in [-0.25, -0.2) is 0 Å². The van der Waals surface area contributed by atoms with Gasteiger partial charge < -0.3 is 9.26 Å². The molecule has 0 aliphatic carbocycles. The summed E-state index contributed by atoms with van der Waals surface area (Å²) in [4.78, 5) is 4.23. The molecule has 4 aromatic rings. The number of methoxy groups -OCH3 is 1. The molecule has 0 spiro atoms. The number of thioether (sulfide) groups is 1. The predicted octanol–water partition coefficient (Wildman–Crippen LogP) is 4.03. The fourth-order valence-electron chi connectivity index (χ4n) is 2.59. The first-order valence-corrected chi connectivity index (χ1v) is 9.49. The first-order chi connectivity index (χ1) is 14.5. The van der Waals surface area contributed by atoms with Crippen LogP contribution in [0.15, 0.2) is 58.2 Å². The smallest absolute Gasteiger partial charge is 0.416 e. The molecular formula is C18H13F3N6O2S. The molecule has 0 radical (unpaired) electrons. The molecule has 12 heteroatoms. The second-order valence-electron chi connectivity index (χ2n) is 5.92. The Morgan fingerprint density at radius 3 is 2.60 bits per heavy atom. The molecule has 2 heterocycles. The van der Waals surface area contributed by atoms with Crippen LogP contribution >= 0.6 is 11.8 Å². The molecule has 154 valence electrons. The fourth-order valence-corrected chi connectivity index (χ4v) is 3.31. The zero-order valence-corrected chi connectivity index (χ0v) is 16.2. The molecule has 0 atom stereocenters. The first-order valence-electron chi connectivity index (χ1n) is 8.50. The second kappa shape index (κ2) is 8.14. The van der Waals surface area contributed by atoms with Gasteiger partial charge in [-0.05, 0) is 34.7 Å². The summed E-state index contributed by atoms with van der Waals surface area (Å²) in [6.07, 6.45) is -4.40. The molecule has 0 aliphatic heterocycles. The molecule has 0 N–H and O–H groups in total. The number of aromatic nitrogens is 6. The summed E-state index contributed by atoms with van der Waals surface area (Å²) in [6.45, 7) is 0. The summed E-state index contributed by atoms with van der Waals surface area (Å²) in [5.41, 5.74) is 0.346. The summed E-state index contributed by atoms with van der Waals surface area (Å²) in [6, 6.07) is 11.8. The van der Waals surface area contributed by atoms with Crippen molar-refractivity contribution in [3.8, 4) is 22.8 Å². The van der Waals surface area contributed by atoms with Crippen LogP contribution in [0.3, 0.4) is 0 Å². The molecule has 2 aromatic carbocycles. The Hall–Kier alpha value is -3.41. The van der Waals surface area contributed by atoms with Gasteiger partial charge in [0, 0.05) is 5.56 Å². The first kappa shape index (κ1) is 19.9. The maximum atomic E-state index is 12.7. The van der Waals surface area contributed by atoms with E-state index in [4.69, 9.17) is 9.26 Å². The summed E-state index contributed by atoms with van der Waals surface area (Å²) in [5.74, 6) is 1.35. The van der Waals surface area contributed by atoms with Crippen molar-refractivity contribution in [2.45, 2.75) is 17.1 Å². The van der Waals surface area contributed by atoms with Gasteiger partial charge in [-0.3, -0.25) is 0 Å². The van der Waals surface area contributed by atoms with Crippen LogP contribution in [0.25, 0.3) is 17.1 Å². The van der Waals surface area contributed by atoms with Crippen LogP contribution in [0, 0.1) is 0 Å². The number of tetrazole rings is 1. The number of para-hydroxylation sites is 2. The number of hydrogen-bond acceptors (Lipinski definition) is 8. The zero-order valence-electron chi connectivity index (χ0n) is 15.4. The van der Waals surface area contributed by atoms with E-state index in [0.29, 0.717) is 22.2 Å². The van der Waals surface area contributed by atoms with E-state index in [-0.39, 0.29) is 17.5 Å². The summed E-state index contributed by atoms with van der Waals surface area (Å²) in [7, 11) is 1.55. The Kier molecular flexibility index (Phi) is 5.40. The SMILES string of the molecule is COc1ccccc1-n1nnnc1SCc1nc(-c2ccc(C(F)(F)F)cc2)no1. The minimum Gasteiger partial charge on any atom is -0.494 e. The van der Waals surface area contributed by atoms with E-state index in [2.05, 4.69) is 25.7 Å². The van der Waals surface area contributed by atoms with E-state index in [1.165, 1.54) is 28.6 Å². The minimum atomic E-state index is -4.40. The van der Waals surface area contributed by atoms with Gasteiger partial charge in [0.2, 0.25) is 16.9 Å². The van der Waals surface area contributed by atoms with E-state index < -0.39 is 11.7 Å². The molecule has 30 heavy (non-hydrogen) atoms. The number of hydrogen-bond donors (Lipinski definition) is 0. The van der Waals surface area contributed by atoms with Gasteiger partial charge >= 0.3 is 6.18 Å². The Morgan fingerprint density at radius 1 is 1.10 bits per heavy atom. The van der Waals surface area contributed by atoms with E-state index in [0.717, 1.165) is 12.1 Å². The Labute approximate surface area is 172 Å². The van der Waals surface area contributed by atoms with Crippen LogP contribution in [-0.4, -0.2) is 37.5 Å². The van der Waals surface area contributed by atoms with E-state index in [1.807, 2.05) is 18.2 Å². The second-order valence-corrected chi connectivity index (χ2v) is 6.86. The number of alkyl halides is 3. The van der Waals surface area contributed by atoms with Crippen molar-refractivity contribution in [1.82, 2.24) is 30.3 Å². The monoisotopic (exact) mass is 434 g/mol. The van der Waals surface area contributed by atoms with Crippen molar-refractivity contribution in [1.29, 1.82) is 0 Å². The lowest BCUT2D eigenvalue weighted by Gasteiger charge is -2.08. The number of benzene rings is 2. The van der Waals surface area contributed by atoms with E-state index >= 15 is 0 Å². The van der Waals surface area contributed by atoms with E-state index in [9.17, 15) is 13.2 Å². The standard InChI is InChI=1S/C18H13F3N6O2S/c1-28-14-5-3-2-4-13(14)27-17(23-25-26-27)30-10-15-22-16(24-29-15)11-6-8-12(9-7-11)18(19,20)21/h2-9H,10H2,1H3. The Bertz CT molecular complexity index is 1140. The van der Waals surface area contributed by atoms with Gasteiger partial charge in [-0.1, -0.05) is 41.2 Å². The third-order valence-corrected chi connectivity index (χ3v) is 4.92. The topological polar surface area (TPSA) is 91.8 Å². The average Bonchev–Trinajstić information content (AvgIpc) is 3.41. The van der Waals surface area contributed by atoms with E-state index in [1.54, 1.807) is 13.2 Å². The molecule has 0 aliphatic rings. The van der Waals surface area contributed by atoms with Crippen LogP contribution in [0.2, 0.25) is 0 Å². The van der Waals surface area contributed by atoms with Crippen molar-refractivity contribution >= 4 is 11.8 Å². The number of ether oxygens (including phenoxy) is 1. The minimum absolute atomic E-state index is 0.198. The van der Waals surface area contributed by atoms with Crippen molar-refractivity contribution in [3.05, 3.63) is 60.0 Å². The van der Waals surface area contributed by atoms with Gasteiger partial charge in [0.15, 0.2) is 0 Å². The predicted molar refractivity (Wildman–Crippen MR) is 100 cm³/mol. The molecule has 0 fully saturated rings. The summed E-state index contributed by atoms with van der Waals surface area (Å²) >= 11 is 1.26. The third kappa shape index (κ3) is 4.13. The lowest BCUT2D eigenvalue weighted by molar-refractivity contribution is -0.137. The Morgan fingerprint density at radius 2 is 1.87 bits per heavy atom. The van der Waals surface area contributed by atoms with Crippen LogP contribution < -0.4 is 4.74 Å². The fraction of sp³-hybridized carbons (Fsp3) is 0.167. The van der Waals surface area contributed by atoms with Gasteiger partial charge in [0.05, 0.1) is 18.4 Å². The number of rotatable bonds is 6. The number of halogens is 3. The highest BCUT2D eigenvalue weighted by Crippen LogP contribution is 2.31. The van der Waals surface area contributed by atoms with Crippen LogP contribution in [0.4, 0.5) is 13.2 Å². The Balaban J connectivity index is 1.48. The summed E-state index contributed by atoms with van der Waals surface area (Å²) in [5, 5.41) is 16.0. The summed E-state index contributed by atoms with van der Waals surface area (Å²) < 4.78 is 50.1. The van der Waals surface area contributed by atoms with Crippen LogP contribution in [-0.2, 0) is 11.9 Å². The zero-order chi connectivity index (χ0) is 21.1. The lowest BCUT2D eigenvalue weighted by atomic mass is 10.1. The molecule has 0 saturated heterocycles. The molecular weight excluding hydrogens is 421 g/mol.